The van der Waals surface area contributed by atoms with Crippen LogP contribution in [0, 0.1) is 36.3 Å². The summed E-state index contributed by atoms with van der Waals surface area (Å²) in [7, 11) is 0. The van der Waals surface area contributed by atoms with E-state index in [-0.39, 0.29) is 67.5 Å². The molecule has 1 N–H and O–H groups in total. The number of ether oxygens (including phenoxy) is 2. The van der Waals surface area contributed by atoms with Gasteiger partial charge < -0.3 is 19.0 Å². The maximum absolute atomic E-state index is 14.8. The van der Waals surface area contributed by atoms with E-state index in [1.807, 2.05) is 31.2 Å². The smallest absolute Gasteiger partial charge is 0.217 e. The van der Waals surface area contributed by atoms with Gasteiger partial charge in [-0.15, -0.1) is 0 Å². The number of hydrogen-bond acceptors (Lipinski definition) is 6. The van der Waals surface area contributed by atoms with E-state index < -0.39 is 35.4 Å². The third-order valence-corrected chi connectivity index (χ3v) is 7.68. The largest absolute Gasteiger partial charge is 0.514 e. The Morgan fingerprint density at radius 2 is 1.74 bits per heavy atom. The molecule has 43 heavy (non-hydrogen) atoms. The number of benzene rings is 4. The molecular weight excluding hydrogens is 747 g/mol. The number of furan rings is 1. The minimum atomic E-state index is -1.89. The second kappa shape index (κ2) is 9.81. The summed E-state index contributed by atoms with van der Waals surface area (Å²) in [5, 5.41) is 12.6. The molecule has 3 heterocycles. The Hall–Kier alpha value is -4.43. The Morgan fingerprint density at radius 1 is 0.953 bits per heavy atom. The topological polar surface area (TPSA) is 77.1 Å². The average molecular weight is 765 g/mol. The van der Waals surface area contributed by atoms with Crippen LogP contribution in [0.3, 0.4) is 0 Å². The second-order valence-corrected chi connectivity index (χ2v) is 10.3. The first-order chi connectivity index (χ1) is 20.3. The number of phenols is 1. The van der Waals surface area contributed by atoms with Crippen LogP contribution in [0.25, 0.3) is 32.8 Å². The number of aliphatic imine (C=N–C) groups is 1. The van der Waals surface area contributed by atoms with Gasteiger partial charge in [-0.05, 0) is 42.3 Å². The minimum absolute atomic E-state index is 0. The Bertz CT molecular complexity index is 2180. The number of aromatic hydroxyl groups is 1. The van der Waals surface area contributed by atoms with Crippen molar-refractivity contribution in [2.75, 3.05) is 0 Å². The fourth-order valence-electron chi connectivity index (χ4n) is 5.84. The molecule has 8 rings (SSSR count). The molecule has 0 amide bonds. The third kappa shape index (κ3) is 4.11. The molecule has 2 aliphatic rings. The van der Waals surface area contributed by atoms with Gasteiger partial charge in [0, 0.05) is 61.2 Å². The molecule has 0 radical (unpaired) electrons. The molecule has 4 aromatic carbocycles. The van der Waals surface area contributed by atoms with E-state index >= 15 is 0 Å². The van der Waals surface area contributed by atoms with Gasteiger partial charge in [-0.25, -0.2) is 22.5 Å². The first kappa shape index (κ1) is 27.4. The van der Waals surface area contributed by atoms with E-state index in [0.29, 0.717) is 22.1 Å². The van der Waals surface area contributed by atoms with Gasteiger partial charge in [0.05, 0.1) is 5.58 Å². The summed E-state index contributed by atoms with van der Waals surface area (Å²) in [5.74, 6) is -6.25. The molecule has 0 saturated carbocycles. The number of aryl methyl sites for hydroxylation is 1. The molecule has 11 heteroatoms. The average Bonchev–Trinajstić information content (AvgIpc) is 3.66. The molecular formula is C32H17F4N2O4Pt-. The van der Waals surface area contributed by atoms with E-state index in [1.54, 1.807) is 30.3 Å². The van der Waals surface area contributed by atoms with Crippen LogP contribution >= 0.6 is 0 Å². The van der Waals surface area contributed by atoms with Gasteiger partial charge in [-0.1, -0.05) is 35.7 Å². The van der Waals surface area contributed by atoms with E-state index in [1.165, 1.54) is 0 Å². The van der Waals surface area contributed by atoms with Crippen molar-refractivity contribution in [2.24, 2.45) is 4.99 Å². The number of aromatic nitrogens is 1. The molecule has 0 unspecified atom stereocenters. The maximum Gasteiger partial charge on any atom is 0.217 e. The number of rotatable bonds is 3. The molecule has 2 aromatic heterocycles. The summed E-state index contributed by atoms with van der Waals surface area (Å²) in [5.41, 5.74) is 1.76. The number of pyridine rings is 1. The van der Waals surface area contributed by atoms with E-state index in [0.717, 1.165) is 16.3 Å². The van der Waals surface area contributed by atoms with Gasteiger partial charge in [-0.3, -0.25) is 4.99 Å². The Balaban J connectivity index is 0.00000300. The SMILES string of the molecule is Cc1cc(O)c2nc(Oc3[c-]c(C4=N[C@H]5c6c(F)c(F)c(F)c(F)c6C[C@H]5O4)c4oc5ccccc5c4c3)ccc2c1.[Pt]. The summed E-state index contributed by atoms with van der Waals surface area (Å²) in [4.78, 5) is 8.92. The van der Waals surface area contributed by atoms with Crippen molar-refractivity contribution in [2.45, 2.75) is 25.5 Å². The van der Waals surface area contributed by atoms with Crippen LogP contribution < -0.4 is 4.74 Å². The van der Waals surface area contributed by atoms with Crippen molar-refractivity contribution in [3.63, 3.8) is 0 Å². The van der Waals surface area contributed by atoms with Crippen molar-refractivity contribution >= 4 is 38.7 Å². The minimum Gasteiger partial charge on any atom is -0.514 e. The van der Waals surface area contributed by atoms with Gasteiger partial charge in [0.25, 0.3) is 0 Å². The zero-order valence-electron chi connectivity index (χ0n) is 22.0. The fourth-order valence-corrected chi connectivity index (χ4v) is 5.84. The Kier molecular flexibility index (Phi) is 6.25. The van der Waals surface area contributed by atoms with Crippen molar-refractivity contribution < 1.29 is 57.6 Å². The molecule has 6 aromatic rings. The number of hydrogen-bond donors (Lipinski definition) is 1. The van der Waals surface area contributed by atoms with Crippen LogP contribution in [0.15, 0.2) is 64.0 Å². The standard InChI is InChI=1S/C32H17F4N2O4.Pt/c1-13-8-14-6-7-23(37-29(14)20(39)9-13)40-15-10-17-16-4-2-3-5-21(16)41-31(17)19(11-15)32-38-30-22(42-32)12-18-24(30)26(34)28(36)27(35)25(18)33;/h2-10,22,30,39H,12H2,1H3;/q-1;/t22-,30-;/m1./s1. The van der Waals surface area contributed by atoms with Crippen molar-refractivity contribution in [3.05, 3.63) is 106 Å². The van der Waals surface area contributed by atoms with E-state index in [4.69, 9.17) is 13.9 Å². The Morgan fingerprint density at radius 3 is 2.58 bits per heavy atom. The number of fused-ring (bicyclic) bond motifs is 7. The molecule has 0 saturated heterocycles. The van der Waals surface area contributed by atoms with Crippen molar-refractivity contribution in [1.29, 1.82) is 0 Å². The van der Waals surface area contributed by atoms with Crippen LogP contribution in [0.2, 0.25) is 0 Å². The second-order valence-electron chi connectivity index (χ2n) is 10.3. The van der Waals surface area contributed by atoms with Gasteiger partial charge in [-0.2, -0.15) is 0 Å². The van der Waals surface area contributed by atoms with Gasteiger partial charge in [0.15, 0.2) is 23.3 Å². The predicted octanol–water partition coefficient (Wildman–Crippen LogP) is 7.74. The van der Waals surface area contributed by atoms with Crippen molar-refractivity contribution in [1.82, 2.24) is 4.98 Å². The fraction of sp³-hybridized carbons (Fsp3) is 0.125. The number of phenolic OH excluding ortho intramolecular Hbond substituents is 1. The molecule has 0 fully saturated rings. The van der Waals surface area contributed by atoms with E-state index in [2.05, 4.69) is 16.0 Å². The maximum atomic E-state index is 14.8. The van der Waals surface area contributed by atoms with Crippen LogP contribution in [0.1, 0.15) is 28.3 Å². The molecule has 2 atom stereocenters. The molecule has 6 nitrogen and oxygen atoms in total. The normalized spacial score (nSPS) is 17.1. The monoisotopic (exact) mass is 764 g/mol. The molecule has 1 aliphatic heterocycles. The van der Waals surface area contributed by atoms with Gasteiger partial charge in [0.2, 0.25) is 5.88 Å². The summed E-state index contributed by atoms with van der Waals surface area (Å²) in [6.07, 6.45) is -1.08. The molecule has 1 aliphatic carbocycles. The van der Waals surface area contributed by atoms with Crippen LogP contribution in [0.5, 0.6) is 17.4 Å². The number of nitrogens with zero attached hydrogens (tertiary/aromatic N) is 2. The number of halogens is 4. The van der Waals surface area contributed by atoms with Crippen LogP contribution in [-0.2, 0) is 32.2 Å². The summed E-state index contributed by atoms with van der Waals surface area (Å²) < 4.78 is 75.4. The predicted molar refractivity (Wildman–Crippen MR) is 145 cm³/mol. The summed E-state index contributed by atoms with van der Waals surface area (Å²) >= 11 is 0. The summed E-state index contributed by atoms with van der Waals surface area (Å²) in [6.45, 7) is 1.87. The van der Waals surface area contributed by atoms with Crippen LogP contribution in [-0.4, -0.2) is 22.1 Å². The quantitative estimate of drug-likeness (QED) is 0.0865. The molecule has 0 bridgehead atoms. The van der Waals surface area contributed by atoms with E-state index in [9.17, 15) is 22.7 Å². The molecule has 218 valence electrons. The zero-order chi connectivity index (χ0) is 28.9. The van der Waals surface area contributed by atoms with Crippen LogP contribution in [0.4, 0.5) is 17.6 Å². The van der Waals surface area contributed by atoms with Gasteiger partial charge in [0.1, 0.15) is 34.9 Å². The Labute approximate surface area is 254 Å². The summed E-state index contributed by atoms with van der Waals surface area (Å²) in [6, 6.07) is 17.9. The first-order valence-corrected chi connectivity index (χ1v) is 13.0. The zero-order valence-corrected chi connectivity index (χ0v) is 24.2. The number of para-hydroxylation sites is 1. The molecule has 0 spiro atoms. The first-order valence-electron chi connectivity index (χ1n) is 13.0. The third-order valence-electron chi connectivity index (χ3n) is 7.68. The van der Waals surface area contributed by atoms with Crippen molar-refractivity contribution in [3.8, 4) is 17.4 Å². The van der Waals surface area contributed by atoms with Gasteiger partial charge >= 0.3 is 0 Å².